The van der Waals surface area contributed by atoms with Crippen molar-refractivity contribution in [2.75, 3.05) is 49.5 Å². The molecule has 268 valence electrons. The summed E-state index contributed by atoms with van der Waals surface area (Å²) >= 11 is 0. The van der Waals surface area contributed by atoms with E-state index in [4.69, 9.17) is 14.9 Å². The molecule has 0 radical (unpaired) electrons. The zero-order valence-electron chi connectivity index (χ0n) is 28.7. The Hall–Kier alpha value is -5.38. The number of ether oxygens (including phenoxy) is 1. The number of nitrogens with one attached hydrogen (secondary N) is 1. The highest BCUT2D eigenvalue weighted by molar-refractivity contribution is 5.86. The van der Waals surface area contributed by atoms with E-state index < -0.39 is 11.8 Å². The van der Waals surface area contributed by atoms with Crippen molar-refractivity contribution in [1.82, 2.24) is 39.3 Å². The molecule has 1 aromatic carbocycles. The molecule has 2 fully saturated rings. The molecule has 16 heteroatoms. The molecule has 7 rings (SSSR count). The van der Waals surface area contributed by atoms with E-state index in [-0.39, 0.29) is 36.1 Å². The highest BCUT2D eigenvalue weighted by Gasteiger charge is 2.32. The van der Waals surface area contributed by atoms with Gasteiger partial charge in [0.05, 0.1) is 36.1 Å². The molecule has 2 saturated heterocycles. The van der Waals surface area contributed by atoms with Crippen LogP contribution in [0.1, 0.15) is 60.3 Å². The van der Waals surface area contributed by atoms with Crippen LogP contribution in [0.15, 0.2) is 43.0 Å². The molecule has 2 amide bonds. The first-order valence-corrected chi connectivity index (χ1v) is 17.2. The number of likely N-dealkylation sites (tertiary alicyclic amines) is 1. The molecule has 2 N–H and O–H groups in total. The van der Waals surface area contributed by atoms with E-state index in [0.717, 1.165) is 22.4 Å². The maximum atomic E-state index is 15.4. The number of amides is 2. The van der Waals surface area contributed by atoms with Crippen molar-refractivity contribution in [2.24, 2.45) is 7.05 Å². The van der Waals surface area contributed by atoms with Gasteiger partial charge in [-0.15, -0.1) is 0 Å². The first-order chi connectivity index (χ1) is 24.6. The minimum atomic E-state index is -1.07. The molecule has 0 saturated carbocycles. The van der Waals surface area contributed by atoms with E-state index in [9.17, 15) is 14.4 Å². The summed E-state index contributed by atoms with van der Waals surface area (Å²) in [5, 5.41) is 21.4. The van der Waals surface area contributed by atoms with Gasteiger partial charge in [-0.25, -0.2) is 19.2 Å². The quantitative estimate of drug-likeness (QED) is 0.263. The largest absolute Gasteiger partial charge is 0.478 e. The fraction of sp³-hybridized carbons (Fsp3) is 0.457. The van der Waals surface area contributed by atoms with Crippen molar-refractivity contribution in [2.45, 2.75) is 57.7 Å². The number of carbonyl (C=O) groups is 3. The first kappa shape index (κ1) is 34.1. The van der Waals surface area contributed by atoms with Gasteiger partial charge in [0.15, 0.2) is 5.82 Å². The smallest absolute Gasteiger partial charge is 0.338 e. The highest BCUT2D eigenvalue weighted by atomic mass is 19.1. The van der Waals surface area contributed by atoms with E-state index in [2.05, 4.69) is 20.4 Å². The Morgan fingerprint density at radius 1 is 0.980 bits per heavy atom. The number of aromatic carboxylic acids is 1. The Balaban J connectivity index is 0.955. The van der Waals surface area contributed by atoms with Crippen LogP contribution < -0.4 is 10.2 Å². The van der Waals surface area contributed by atoms with Crippen molar-refractivity contribution in [3.8, 4) is 11.1 Å². The normalized spacial score (nSPS) is 17.0. The molecule has 6 heterocycles. The van der Waals surface area contributed by atoms with Gasteiger partial charge in [-0.1, -0.05) is 6.07 Å². The number of hydrogen-bond donors (Lipinski definition) is 2. The van der Waals surface area contributed by atoms with Gasteiger partial charge in [-0.3, -0.25) is 19.0 Å². The van der Waals surface area contributed by atoms with Crippen LogP contribution in [0.3, 0.4) is 0 Å². The summed E-state index contributed by atoms with van der Waals surface area (Å²) in [5.41, 5.74) is 3.79. The Morgan fingerprint density at radius 2 is 1.73 bits per heavy atom. The predicted octanol–water partition coefficient (Wildman–Crippen LogP) is 3.41. The molecule has 15 nitrogen and oxygen atoms in total. The number of carbonyl (C=O) groups excluding carboxylic acids is 2. The van der Waals surface area contributed by atoms with Gasteiger partial charge in [-0.2, -0.15) is 10.2 Å². The Labute approximate surface area is 294 Å². The third-order valence-corrected chi connectivity index (χ3v) is 10.0. The molecule has 4 aromatic rings. The summed E-state index contributed by atoms with van der Waals surface area (Å²) in [4.78, 5) is 50.5. The number of carboxylic acid groups (broad SMARTS) is 1. The standard InChI is InChI=1S/C35H41FN10O5/c1-22(47)45-14-9-31-28(20-45)33(40-30-4-3-23(15-29(30)36)25-18-39-42(2)19-25)41-46(31)26-5-10-43(11-6-26)32(48)21-51-27-7-12-44(13-8-27)35-37-16-24(17-38-35)34(49)50/h3-4,15-19,26-27H,5-14,20-21H2,1-2H3,(H,40,41)(H,49,50). The second-order valence-electron chi connectivity index (χ2n) is 13.3. The molecule has 3 aromatic heterocycles. The first-order valence-electron chi connectivity index (χ1n) is 17.2. The fourth-order valence-corrected chi connectivity index (χ4v) is 7.07. The summed E-state index contributed by atoms with van der Waals surface area (Å²) in [6.07, 6.45) is 9.55. The number of anilines is 3. The van der Waals surface area contributed by atoms with Crippen molar-refractivity contribution in [1.29, 1.82) is 0 Å². The van der Waals surface area contributed by atoms with Gasteiger partial charge in [0.2, 0.25) is 17.8 Å². The van der Waals surface area contributed by atoms with Gasteiger partial charge in [0, 0.05) is 88.5 Å². The molecular formula is C35H41FN10O5. The second-order valence-corrected chi connectivity index (χ2v) is 13.3. The van der Waals surface area contributed by atoms with E-state index in [0.29, 0.717) is 88.8 Å². The number of nitrogens with zero attached hydrogens (tertiary/aromatic N) is 9. The molecule has 3 aliphatic rings. The number of fused-ring (bicyclic) bond motifs is 1. The average molecular weight is 701 g/mol. The number of carboxylic acids is 1. The average Bonchev–Trinajstić information content (AvgIpc) is 3.74. The minimum absolute atomic E-state index is 0.0103. The number of benzene rings is 1. The van der Waals surface area contributed by atoms with Gasteiger partial charge in [-0.05, 0) is 43.4 Å². The Bertz CT molecular complexity index is 1910. The topological polar surface area (TPSA) is 164 Å². The summed E-state index contributed by atoms with van der Waals surface area (Å²) in [5.74, 6) is -0.532. The zero-order valence-corrected chi connectivity index (χ0v) is 28.7. The third kappa shape index (κ3) is 7.41. The molecule has 3 aliphatic heterocycles. The lowest BCUT2D eigenvalue weighted by molar-refractivity contribution is -0.140. The number of hydrogen-bond acceptors (Lipinski definition) is 10. The van der Waals surface area contributed by atoms with E-state index >= 15 is 4.39 Å². The second kappa shape index (κ2) is 14.5. The van der Waals surface area contributed by atoms with Gasteiger partial charge >= 0.3 is 5.97 Å². The third-order valence-electron chi connectivity index (χ3n) is 10.0. The van der Waals surface area contributed by atoms with Crippen molar-refractivity contribution >= 4 is 35.2 Å². The lowest BCUT2D eigenvalue weighted by Crippen LogP contribution is -2.43. The number of aryl methyl sites for hydroxylation is 1. The molecule has 0 aliphatic carbocycles. The van der Waals surface area contributed by atoms with Crippen LogP contribution in [-0.4, -0.2) is 108 Å². The predicted molar refractivity (Wildman–Crippen MR) is 184 cm³/mol. The molecular weight excluding hydrogens is 659 g/mol. The number of piperidine rings is 2. The lowest BCUT2D eigenvalue weighted by Gasteiger charge is -2.35. The summed E-state index contributed by atoms with van der Waals surface area (Å²) in [7, 11) is 1.81. The monoisotopic (exact) mass is 700 g/mol. The van der Waals surface area contributed by atoms with Gasteiger partial charge in [0.25, 0.3) is 0 Å². The van der Waals surface area contributed by atoms with Crippen LogP contribution in [0.2, 0.25) is 0 Å². The van der Waals surface area contributed by atoms with Crippen molar-refractivity contribution in [3.05, 3.63) is 65.6 Å². The van der Waals surface area contributed by atoms with Crippen LogP contribution in [0.25, 0.3) is 11.1 Å². The molecule has 0 spiro atoms. The maximum absolute atomic E-state index is 15.4. The maximum Gasteiger partial charge on any atom is 0.338 e. The zero-order chi connectivity index (χ0) is 35.6. The fourth-order valence-electron chi connectivity index (χ4n) is 7.07. The van der Waals surface area contributed by atoms with Crippen molar-refractivity contribution in [3.63, 3.8) is 0 Å². The minimum Gasteiger partial charge on any atom is -0.478 e. The van der Waals surface area contributed by atoms with Crippen LogP contribution in [0.4, 0.5) is 21.8 Å². The number of halogens is 1. The summed E-state index contributed by atoms with van der Waals surface area (Å²) in [6, 6.07) is 5.06. The highest BCUT2D eigenvalue weighted by Crippen LogP contribution is 2.35. The van der Waals surface area contributed by atoms with Crippen molar-refractivity contribution < 1.29 is 28.6 Å². The van der Waals surface area contributed by atoms with Crippen LogP contribution in [-0.2, 0) is 34.3 Å². The Kier molecular flexibility index (Phi) is 9.67. The molecule has 0 unspecified atom stereocenters. The van der Waals surface area contributed by atoms with E-state index in [1.165, 1.54) is 18.5 Å². The number of rotatable bonds is 9. The Morgan fingerprint density at radius 3 is 2.37 bits per heavy atom. The molecule has 0 bridgehead atoms. The molecule has 51 heavy (non-hydrogen) atoms. The lowest BCUT2D eigenvalue weighted by atomic mass is 10.0. The molecule has 0 atom stereocenters. The van der Waals surface area contributed by atoms with Gasteiger partial charge < -0.3 is 29.9 Å². The summed E-state index contributed by atoms with van der Waals surface area (Å²) < 4.78 is 25.1. The van der Waals surface area contributed by atoms with E-state index in [1.54, 1.807) is 28.8 Å². The van der Waals surface area contributed by atoms with Crippen LogP contribution in [0.5, 0.6) is 0 Å². The number of aromatic nitrogens is 6. The van der Waals surface area contributed by atoms with Crippen LogP contribution in [0, 0.1) is 5.82 Å². The van der Waals surface area contributed by atoms with Gasteiger partial charge in [0.1, 0.15) is 12.4 Å². The summed E-state index contributed by atoms with van der Waals surface area (Å²) in [6.45, 7) is 4.96. The van der Waals surface area contributed by atoms with E-state index in [1.807, 2.05) is 33.8 Å². The SMILES string of the molecule is CC(=O)N1CCc2c(c(Nc3ccc(-c4cnn(C)c4)cc3F)nn2C2CCN(C(=O)COC3CCN(c4ncc(C(=O)O)cn4)CC3)CC2)C1. The van der Waals surface area contributed by atoms with Crippen LogP contribution >= 0.6 is 0 Å².